The van der Waals surface area contributed by atoms with Crippen molar-refractivity contribution in [3.8, 4) is 11.8 Å². The average Bonchev–Trinajstić information content (AvgIpc) is 3.08. The number of rotatable bonds is 8. The number of nitrogens with zero attached hydrogens (tertiary/aromatic N) is 2. The SMILES string of the molecule is CCOC(C#Cc1cnc(Cl)nc1NC1(CNC(=O)O)CCCC1)OCC. The Balaban J connectivity index is 2.25. The number of carbonyl (C=O) groups is 1. The van der Waals surface area contributed by atoms with Crippen LogP contribution in [0.15, 0.2) is 6.20 Å². The highest BCUT2D eigenvalue weighted by Crippen LogP contribution is 2.33. The first-order valence-electron chi connectivity index (χ1n) is 9.00. The molecule has 0 spiro atoms. The maximum Gasteiger partial charge on any atom is 0.404 e. The molecule has 9 heteroatoms. The van der Waals surface area contributed by atoms with Crippen molar-refractivity contribution in [3.05, 3.63) is 17.0 Å². The van der Waals surface area contributed by atoms with Gasteiger partial charge < -0.3 is 25.2 Å². The molecule has 1 heterocycles. The van der Waals surface area contributed by atoms with Crippen molar-refractivity contribution < 1.29 is 19.4 Å². The van der Waals surface area contributed by atoms with Gasteiger partial charge in [-0.2, -0.15) is 4.98 Å². The van der Waals surface area contributed by atoms with Crippen LogP contribution in [-0.4, -0.2) is 52.8 Å². The lowest BCUT2D eigenvalue weighted by atomic mass is 9.97. The van der Waals surface area contributed by atoms with Gasteiger partial charge in [0, 0.05) is 26.0 Å². The first-order chi connectivity index (χ1) is 13.0. The van der Waals surface area contributed by atoms with E-state index >= 15 is 0 Å². The predicted octanol–water partition coefficient (Wildman–Crippen LogP) is 2.87. The number of aromatic nitrogens is 2. The summed E-state index contributed by atoms with van der Waals surface area (Å²) >= 11 is 5.97. The van der Waals surface area contributed by atoms with Crippen LogP contribution in [0.2, 0.25) is 5.28 Å². The van der Waals surface area contributed by atoms with Gasteiger partial charge in [0.25, 0.3) is 0 Å². The van der Waals surface area contributed by atoms with Gasteiger partial charge in [0.05, 0.1) is 11.1 Å². The lowest BCUT2D eigenvalue weighted by molar-refractivity contribution is -0.0969. The smallest absolute Gasteiger partial charge is 0.404 e. The normalized spacial score (nSPS) is 15.3. The Morgan fingerprint density at radius 2 is 2.04 bits per heavy atom. The van der Waals surface area contributed by atoms with Crippen molar-refractivity contribution in [2.24, 2.45) is 0 Å². The number of hydrogen-bond acceptors (Lipinski definition) is 6. The standard InChI is InChI=1S/C18H25ClN4O4/c1-3-26-14(27-4-2)8-7-13-11-20-16(19)22-15(13)23-18(9-5-6-10-18)12-21-17(24)25/h11,14,21H,3-6,9-10,12H2,1-2H3,(H,24,25)(H,20,22,23). The summed E-state index contributed by atoms with van der Waals surface area (Å²) in [4.78, 5) is 19.2. The maximum atomic E-state index is 10.9. The van der Waals surface area contributed by atoms with Crippen LogP contribution in [-0.2, 0) is 9.47 Å². The predicted molar refractivity (Wildman–Crippen MR) is 102 cm³/mol. The topological polar surface area (TPSA) is 106 Å². The number of hydrogen-bond donors (Lipinski definition) is 3. The first kappa shape index (κ1) is 21.2. The summed E-state index contributed by atoms with van der Waals surface area (Å²) in [5, 5.41) is 14.9. The Bertz CT molecular complexity index is 692. The highest BCUT2D eigenvalue weighted by Gasteiger charge is 2.35. The summed E-state index contributed by atoms with van der Waals surface area (Å²) in [6, 6.07) is 0. The molecule has 1 aromatic rings. The molecular weight excluding hydrogens is 372 g/mol. The zero-order valence-electron chi connectivity index (χ0n) is 15.5. The van der Waals surface area contributed by atoms with Gasteiger partial charge in [0.2, 0.25) is 11.6 Å². The monoisotopic (exact) mass is 396 g/mol. The fourth-order valence-corrected chi connectivity index (χ4v) is 3.14. The van der Waals surface area contributed by atoms with E-state index in [2.05, 4.69) is 32.4 Å². The molecule has 8 nitrogen and oxygen atoms in total. The largest absolute Gasteiger partial charge is 0.465 e. The zero-order valence-corrected chi connectivity index (χ0v) is 16.3. The minimum atomic E-state index is -1.06. The fourth-order valence-electron chi connectivity index (χ4n) is 3.01. The summed E-state index contributed by atoms with van der Waals surface area (Å²) in [7, 11) is 0. The molecule has 27 heavy (non-hydrogen) atoms. The zero-order chi connectivity index (χ0) is 19.7. The van der Waals surface area contributed by atoms with Crippen molar-refractivity contribution in [1.82, 2.24) is 15.3 Å². The van der Waals surface area contributed by atoms with E-state index in [1.54, 1.807) is 0 Å². The van der Waals surface area contributed by atoms with Crippen LogP contribution in [0.3, 0.4) is 0 Å². The van der Waals surface area contributed by atoms with Crippen LogP contribution < -0.4 is 10.6 Å². The molecule has 3 N–H and O–H groups in total. The van der Waals surface area contributed by atoms with E-state index in [1.807, 2.05) is 13.8 Å². The minimum Gasteiger partial charge on any atom is -0.465 e. The lowest BCUT2D eigenvalue weighted by Crippen LogP contribution is -2.46. The molecule has 2 rings (SSSR count). The van der Waals surface area contributed by atoms with Crippen LogP contribution in [0.25, 0.3) is 0 Å². The molecule has 0 aromatic carbocycles. The molecule has 0 saturated heterocycles. The third-order valence-corrected chi connectivity index (χ3v) is 4.42. The van der Waals surface area contributed by atoms with Gasteiger partial charge in [-0.3, -0.25) is 0 Å². The van der Waals surface area contributed by atoms with E-state index in [4.69, 9.17) is 26.2 Å². The van der Waals surface area contributed by atoms with Gasteiger partial charge in [0.15, 0.2) is 0 Å². The molecule has 148 valence electrons. The van der Waals surface area contributed by atoms with Crippen molar-refractivity contribution >= 4 is 23.5 Å². The second-order valence-corrected chi connectivity index (χ2v) is 6.52. The van der Waals surface area contributed by atoms with E-state index in [0.29, 0.717) is 24.6 Å². The van der Waals surface area contributed by atoms with Crippen molar-refractivity contribution in [1.29, 1.82) is 0 Å². The third-order valence-electron chi connectivity index (χ3n) is 4.24. The molecule has 1 amide bonds. The lowest BCUT2D eigenvalue weighted by Gasteiger charge is -2.31. The Morgan fingerprint density at radius 3 is 2.63 bits per heavy atom. The fraction of sp³-hybridized carbons (Fsp3) is 0.611. The molecule has 1 aliphatic rings. The van der Waals surface area contributed by atoms with E-state index < -0.39 is 17.9 Å². The molecule has 1 saturated carbocycles. The first-order valence-corrected chi connectivity index (χ1v) is 9.38. The summed E-state index contributed by atoms with van der Waals surface area (Å²) in [6.45, 7) is 4.96. The van der Waals surface area contributed by atoms with E-state index in [0.717, 1.165) is 25.7 Å². The Kier molecular flexibility index (Phi) is 8.10. The van der Waals surface area contributed by atoms with Gasteiger partial charge >= 0.3 is 6.09 Å². The number of amides is 1. The van der Waals surface area contributed by atoms with Crippen LogP contribution in [0.5, 0.6) is 0 Å². The third kappa shape index (κ3) is 6.54. The quantitative estimate of drug-likeness (QED) is 0.352. The Labute approximate surface area is 164 Å². The van der Waals surface area contributed by atoms with Crippen molar-refractivity contribution in [2.45, 2.75) is 51.4 Å². The van der Waals surface area contributed by atoms with Gasteiger partial charge in [-0.25, -0.2) is 9.78 Å². The number of halogens is 1. The van der Waals surface area contributed by atoms with E-state index in [9.17, 15) is 4.79 Å². The van der Waals surface area contributed by atoms with Gasteiger partial charge in [-0.1, -0.05) is 18.8 Å². The molecule has 1 aliphatic carbocycles. The van der Waals surface area contributed by atoms with Gasteiger partial charge in [-0.15, -0.1) is 0 Å². The van der Waals surface area contributed by atoms with Crippen molar-refractivity contribution in [2.75, 3.05) is 25.1 Å². The van der Waals surface area contributed by atoms with Crippen LogP contribution in [0, 0.1) is 11.8 Å². The highest BCUT2D eigenvalue weighted by atomic mass is 35.5. The maximum absolute atomic E-state index is 10.9. The minimum absolute atomic E-state index is 0.0913. The molecular formula is C18H25ClN4O4. The highest BCUT2D eigenvalue weighted by molar-refractivity contribution is 6.28. The molecule has 1 fully saturated rings. The average molecular weight is 397 g/mol. The summed E-state index contributed by atoms with van der Waals surface area (Å²) < 4.78 is 10.9. The summed E-state index contributed by atoms with van der Waals surface area (Å²) in [5.41, 5.74) is 0.122. The number of anilines is 1. The number of carboxylic acid groups (broad SMARTS) is 1. The number of ether oxygens (including phenoxy) is 2. The van der Waals surface area contributed by atoms with E-state index in [1.165, 1.54) is 6.20 Å². The van der Waals surface area contributed by atoms with Gasteiger partial charge in [-0.05, 0) is 44.2 Å². The van der Waals surface area contributed by atoms with E-state index in [-0.39, 0.29) is 11.8 Å². The number of nitrogens with one attached hydrogen (secondary N) is 2. The molecule has 0 aliphatic heterocycles. The summed E-state index contributed by atoms with van der Waals surface area (Å²) in [5.74, 6) is 6.38. The molecule has 0 radical (unpaired) electrons. The van der Waals surface area contributed by atoms with Crippen LogP contribution >= 0.6 is 11.6 Å². The van der Waals surface area contributed by atoms with Crippen molar-refractivity contribution in [3.63, 3.8) is 0 Å². The molecule has 0 atom stereocenters. The van der Waals surface area contributed by atoms with Gasteiger partial charge in [0.1, 0.15) is 5.82 Å². The van der Waals surface area contributed by atoms with Crippen LogP contribution in [0.4, 0.5) is 10.6 Å². The summed E-state index contributed by atoms with van der Waals surface area (Å²) in [6.07, 6.45) is 3.49. The Hall–Kier alpha value is -2.08. The second-order valence-electron chi connectivity index (χ2n) is 6.18. The second kappa shape index (κ2) is 10.3. The molecule has 1 aromatic heterocycles. The molecule has 0 unspecified atom stereocenters. The molecule has 0 bridgehead atoms. The van der Waals surface area contributed by atoms with Crippen LogP contribution in [0.1, 0.15) is 45.1 Å². The Morgan fingerprint density at radius 1 is 1.37 bits per heavy atom.